The Balaban J connectivity index is 1.51. The molecular formula is C29H18BrCl2F7N2O5. The summed E-state index contributed by atoms with van der Waals surface area (Å²) in [6, 6.07) is 3.44. The lowest BCUT2D eigenvalue weighted by atomic mass is 9.56. The first-order valence-corrected chi connectivity index (χ1v) is 15.3. The number of anilines is 1. The molecule has 7 nitrogen and oxygen atoms in total. The molecule has 1 N–H and O–H groups in total. The molecule has 6 unspecified atom stereocenters. The zero-order valence-corrected chi connectivity index (χ0v) is 25.8. The fourth-order valence-corrected chi connectivity index (χ4v) is 8.58. The number of rotatable bonds is 3. The summed E-state index contributed by atoms with van der Waals surface area (Å²) < 4.78 is 96.4. The van der Waals surface area contributed by atoms with E-state index >= 15 is 0 Å². The Bertz CT molecular complexity index is 1740. The molecule has 0 radical (unpaired) electrons. The number of nitrogens with zero attached hydrogens (tertiary/aromatic N) is 2. The van der Waals surface area contributed by atoms with Crippen molar-refractivity contribution in [1.82, 2.24) is 4.90 Å². The quantitative estimate of drug-likeness (QED) is 0.127. The predicted octanol–water partition coefficient (Wildman–Crippen LogP) is 6.48. The summed E-state index contributed by atoms with van der Waals surface area (Å²) in [5, 5.41) is 9.80. The molecule has 17 heteroatoms. The number of aromatic hydroxyl groups is 1. The van der Waals surface area contributed by atoms with Crippen molar-refractivity contribution in [3.8, 4) is 5.75 Å². The van der Waals surface area contributed by atoms with Crippen LogP contribution in [0.2, 0.25) is 0 Å². The second-order valence-corrected chi connectivity index (χ2v) is 13.2. The Morgan fingerprint density at radius 3 is 2.04 bits per heavy atom. The third-order valence-electron chi connectivity index (χ3n) is 9.15. The van der Waals surface area contributed by atoms with Crippen LogP contribution < -0.4 is 4.90 Å². The van der Waals surface area contributed by atoms with Gasteiger partial charge in [-0.3, -0.25) is 24.1 Å². The number of fused-ring (bicyclic) bond motifs is 4. The van der Waals surface area contributed by atoms with Crippen molar-refractivity contribution < 1.29 is 55.0 Å². The van der Waals surface area contributed by atoms with Crippen LogP contribution in [0.1, 0.15) is 35.4 Å². The molecule has 6 atom stereocenters. The van der Waals surface area contributed by atoms with E-state index in [0.717, 1.165) is 12.1 Å². The molecular weight excluding hydrogens is 740 g/mol. The minimum absolute atomic E-state index is 0.0244. The molecule has 2 heterocycles. The normalized spacial score (nSPS) is 31.2. The van der Waals surface area contributed by atoms with Gasteiger partial charge in [0.15, 0.2) is 21.3 Å². The van der Waals surface area contributed by atoms with E-state index in [4.69, 9.17) is 23.2 Å². The molecule has 2 aromatic rings. The molecule has 0 aromatic heterocycles. The summed E-state index contributed by atoms with van der Waals surface area (Å²) in [6.07, 6.45) is -9.86. The Kier molecular flexibility index (Phi) is 7.42. The highest BCUT2D eigenvalue weighted by atomic mass is 79.9. The number of hydrogen-bond donors (Lipinski definition) is 1. The Hall–Kier alpha value is -3.17. The average Bonchev–Trinajstić information content (AvgIpc) is 3.31. The van der Waals surface area contributed by atoms with E-state index in [1.165, 1.54) is 12.1 Å². The minimum atomic E-state index is -5.26. The second-order valence-electron chi connectivity index (χ2n) is 11.5. The number of phenolic OH excluding ortho intramolecular Hbond substituents is 1. The summed E-state index contributed by atoms with van der Waals surface area (Å²) in [5.41, 5.74) is -4.61. The molecule has 4 amide bonds. The first kappa shape index (κ1) is 32.8. The highest BCUT2D eigenvalue weighted by Gasteiger charge is 2.76. The van der Waals surface area contributed by atoms with Gasteiger partial charge < -0.3 is 5.11 Å². The molecule has 6 rings (SSSR count). The van der Waals surface area contributed by atoms with Crippen LogP contribution in [0.25, 0.3) is 0 Å². The number of benzene rings is 2. The first-order chi connectivity index (χ1) is 21.3. The Morgan fingerprint density at radius 1 is 0.891 bits per heavy atom. The van der Waals surface area contributed by atoms with E-state index in [1.54, 1.807) is 0 Å². The van der Waals surface area contributed by atoms with Crippen LogP contribution in [0.4, 0.5) is 36.4 Å². The van der Waals surface area contributed by atoms with Crippen LogP contribution >= 0.6 is 39.1 Å². The summed E-state index contributed by atoms with van der Waals surface area (Å²) in [7, 11) is 0. The summed E-state index contributed by atoms with van der Waals surface area (Å²) in [5.74, 6) is -11.4. The van der Waals surface area contributed by atoms with Gasteiger partial charge in [-0.15, -0.1) is 23.2 Å². The smallest absolute Gasteiger partial charge is 0.416 e. The van der Waals surface area contributed by atoms with E-state index in [2.05, 4.69) is 15.9 Å². The van der Waals surface area contributed by atoms with Gasteiger partial charge in [-0.05, 0) is 54.7 Å². The van der Waals surface area contributed by atoms with Crippen LogP contribution in [-0.4, -0.2) is 48.8 Å². The number of alkyl halides is 9. The van der Waals surface area contributed by atoms with Gasteiger partial charge >= 0.3 is 12.4 Å². The lowest BCUT2D eigenvalue weighted by molar-refractivity contribution is -0.143. The van der Waals surface area contributed by atoms with Crippen molar-refractivity contribution in [1.29, 1.82) is 0 Å². The van der Waals surface area contributed by atoms with E-state index in [9.17, 15) is 55.0 Å². The highest BCUT2D eigenvalue weighted by molar-refractivity contribution is 9.09. The number of amides is 4. The monoisotopic (exact) mass is 756 g/mol. The molecule has 2 aliphatic carbocycles. The largest absolute Gasteiger partial charge is 0.505 e. The maximum absolute atomic E-state index is 14.7. The molecule has 0 spiro atoms. The number of imide groups is 2. The zero-order chi connectivity index (χ0) is 33.9. The lowest BCUT2D eigenvalue weighted by Crippen LogP contribution is -2.60. The second kappa shape index (κ2) is 10.4. The van der Waals surface area contributed by atoms with Crippen LogP contribution in [0.5, 0.6) is 5.75 Å². The number of carbonyl (C=O) groups is 4. The molecule has 2 aromatic carbocycles. The summed E-state index contributed by atoms with van der Waals surface area (Å²) >= 11 is 17.0. The number of likely N-dealkylation sites (tertiary alicyclic amines) is 1. The standard InChI is InChI=1S/C29H18BrCl2F7N2O5/c30-10-40-24(45)26(31)9-17-15(21(27(26,32)25(40)46)11-1-4-19(42)18(33)5-11)2-3-16-20(17)23(44)41(22(16)43)14-7-12(28(34,35)36)6-13(8-14)29(37,38)39/h1-2,4-8,16-17,20-21,42H,3,9-10H2. The molecule has 0 bridgehead atoms. The van der Waals surface area contributed by atoms with Gasteiger partial charge in [0.25, 0.3) is 11.8 Å². The average molecular weight is 758 g/mol. The van der Waals surface area contributed by atoms with Gasteiger partial charge in [-0.1, -0.05) is 33.6 Å². The van der Waals surface area contributed by atoms with Crippen molar-refractivity contribution in [3.63, 3.8) is 0 Å². The molecule has 244 valence electrons. The van der Waals surface area contributed by atoms with E-state index < -0.39 is 104 Å². The molecule has 2 saturated heterocycles. The highest BCUT2D eigenvalue weighted by Crippen LogP contribution is 2.65. The van der Waals surface area contributed by atoms with Gasteiger partial charge in [0, 0.05) is 5.92 Å². The Morgan fingerprint density at radius 2 is 1.50 bits per heavy atom. The van der Waals surface area contributed by atoms with Crippen molar-refractivity contribution in [2.45, 2.75) is 40.9 Å². The number of hydrogen-bond acceptors (Lipinski definition) is 5. The molecule has 3 fully saturated rings. The SMILES string of the molecule is O=C1C2CC=C3C(CC4(Cl)C(=O)N(CBr)C(=O)C4(Cl)C3c3ccc(O)c(F)c3)C2C(=O)N1c1cc(C(F)(F)F)cc(C(F)(F)F)c1. The molecule has 1 saturated carbocycles. The van der Waals surface area contributed by atoms with E-state index in [0.29, 0.717) is 4.90 Å². The maximum Gasteiger partial charge on any atom is 0.416 e. The van der Waals surface area contributed by atoms with Crippen molar-refractivity contribution in [2.75, 3.05) is 10.4 Å². The predicted molar refractivity (Wildman–Crippen MR) is 150 cm³/mol. The van der Waals surface area contributed by atoms with Crippen molar-refractivity contribution in [3.05, 3.63) is 70.6 Å². The number of carbonyl (C=O) groups excluding carboxylic acids is 4. The summed E-state index contributed by atoms with van der Waals surface area (Å²) in [6.45, 7) is 0. The fourth-order valence-electron chi connectivity index (χ4n) is 7.15. The van der Waals surface area contributed by atoms with Gasteiger partial charge in [-0.2, -0.15) is 26.3 Å². The van der Waals surface area contributed by atoms with Crippen LogP contribution in [0, 0.1) is 23.6 Å². The fraction of sp³-hybridized carbons (Fsp3) is 0.379. The van der Waals surface area contributed by atoms with Crippen LogP contribution in [0.3, 0.4) is 0 Å². The van der Waals surface area contributed by atoms with Crippen LogP contribution in [0.15, 0.2) is 48.0 Å². The van der Waals surface area contributed by atoms with E-state index in [-0.39, 0.29) is 46.1 Å². The molecule has 46 heavy (non-hydrogen) atoms. The number of phenols is 1. The maximum atomic E-state index is 14.7. The minimum Gasteiger partial charge on any atom is -0.505 e. The molecule has 4 aliphatic rings. The number of halogens is 10. The van der Waals surface area contributed by atoms with Gasteiger partial charge in [0.1, 0.15) is 0 Å². The van der Waals surface area contributed by atoms with Gasteiger partial charge in [0.2, 0.25) is 11.8 Å². The van der Waals surface area contributed by atoms with Crippen LogP contribution in [-0.2, 0) is 31.5 Å². The van der Waals surface area contributed by atoms with Gasteiger partial charge in [-0.25, -0.2) is 9.29 Å². The first-order valence-electron chi connectivity index (χ1n) is 13.4. The Labute approximate surface area is 273 Å². The zero-order valence-electron chi connectivity index (χ0n) is 22.7. The lowest BCUT2D eigenvalue weighted by Gasteiger charge is -2.50. The van der Waals surface area contributed by atoms with E-state index in [1.807, 2.05) is 0 Å². The summed E-state index contributed by atoms with van der Waals surface area (Å²) in [4.78, 5) is 51.3. The third-order valence-corrected chi connectivity index (χ3v) is 11.1. The topological polar surface area (TPSA) is 95.0 Å². The van der Waals surface area contributed by atoms with Gasteiger partial charge in [0.05, 0.1) is 34.1 Å². The van der Waals surface area contributed by atoms with Crippen molar-refractivity contribution in [2.24, 2.45) is 17.8 Å². The molecule has 2 aliphatic heterocycles. The third kappa shape index (κ3) is 4.44. The van der Waals surface area contributed by atoms with Crippen molar-refractivity contribution >= 4 is 68.4 Å². The number of allylic oxidation sites excluding steroid dienone is 2.